The van der Waals surface area contributed by atoms with Gasteiger partial charge >= 0.3 is 0 Å². The molecular formula is C16H15FN2OS. The molecule has 0 radical (unpaired) electrons. The van der Waals surface area contributed by atoms with Crippen LogP contribution in [0.15, 0.2) is 36.4 Å². The van der Waals surface area contributed by atoms with Crippen LogP contribution in [0.2, 0.25) is 0 Å². The quantitative estimate of drug-likeness (QED) is 0.777. The van der Waals surface area contributed by atoms with E-state index in [-0.39, 0.29) is 11.6 Å². The van der Waals surface area contributed by atoms with Gasteiger partial charge in [-0.25, -0.2) is 9.37 Å². The summed E-state index contributed by atoms with van der Waals surface area (Å²) in [5.74, 6) is -0.0781. The van der Waals surface area contributed by atoms with Gasteiger partial charge in [0, 0.05) is 12.2 Å². The lowest BCUT2D eigenvalue weighted by Crippen LogP contribution is -2.00. The van der Waals surface area contributed by atoms with Crippen molar-refractivity contribution in [1.82, 2.24) is 4.98 Å². The fourth-order valence-corrected chi connectivity index (χ4v) is 3.04. The number of ether oxygens (including phenoxy) is 1. The van der Waals surface area contributed by atoms with Crippen molar-refractivity contribution in [2.75, 3.05) is 12.4 Å². The lowest BCUT2D eigenvalue weighted by Gasteiger charge is -2.08. The highest BCUT2D eigenvalue weighted by Gasteiger charge is 2.04. The number of fused-ring (bicyclic) bond motifs is 1. The predicted molar refractivity (Wildman–Crippen MR) is 84.6 cm³/mol. The van der Waals surface area contributed by atoms with E-state index in [1.807, 2.05) is 25.1 Å². The maximum Gasteiger partial charge on any atom is 0.165 e. The first-order valence-electron chi connectivity index (χ1n) is 6.59. The summed E-state index contributed by atoms with van der Waals surface area (Å²) in [4.78, 5) is 4.43. The van der Waals surface area contributed by atoms with Gasteiger partial charge < -0.3 is 10.1 Å². The van der Waals surface area contributed by atoms with Gasteiger partial charge in [-0.15, -0.1) is 11.3 Å². The van der Waals surface area contributed by atoms with Crippen molar-refractivity contribution in [3.63, 3.8) is 0 Å². The number of halogens is 1. The number of aromatic nitrogens is 1. The van der Waals surface area contributed by atoms with Gasteiger partial charge in [-0.05, 0) is 42.8 Å². The van der Waals surface area contributed by atoms with E-state index >= 15 is 0 Å². The molecule has 5 heteroatoms. The molecule has 0 spiro atoms. The summed E-state index contributed by atoms with van der Waals surface area (Å²) in [6, 6.07) is 11.0. The Kier molecular flexibility index (Phi) is 3.75. The highest BCUT2D eigenvalue weighted by atomic mass is 32.1. The van der Waals surface area contributed by atoms with Gasteiger partial charge in [0.25, 0.3) is 0 Å². The maximum atomic E-state index is 13.6. The number of benzene rings is 2. The van der Waals surface area contributed by atoms with Gasteiger partial charge in [-0.3, -0.25) is 0 Å². The van der Waals surface area contributed by atoms with E-state index in [1.165, 1.54) is 13.2 Å². The number of rotatable bonds is 4. The SMILES string of the molecule is COc1ccc(CNc2ccc3nc(C)sc3c2)cc1F. The van der Waals surface area contributed by atoms with E-state index in [4.69, 9.17) is 4.74 Å². The van der Waals surface area contributed by atoms with Crippen molar-refractivity contribution >= 4 is 27.2 Å². The van der Waals surface area contributed by atoms with Crippen LogP contribution in [0.25, 0.3) is 10.2 Å². The number of anilines is 1. The van der Waals surface area contributed by atoms with E-state index in [9.17, 15) is 4.39 Å². The minimum absolute atomic E-state index is 0.264. The fraction of sp³-hybridized carbons (Fsp3) is 0.188. The molecule has 0 aliphatic rings. The molecule has 1 N–H and O–H groups in total. The van der Waals surface area contributed by atoms with Crippen molar-refractivity contribution in [3.8, 4) is 5.75 Å². The van der Waals surface area contributed by atoms with Gasteiger partial charge in [-0.2, -0.15) is 0 Å². The second kappa shape index (κ2) is 5.69. The Bertz CT molecular complexity index is 785. The summed E-state index contributed by atoms with van der Waals surface area (Å²) in [7, 11) is 1.46. The molecule has 0 fully saturated rings. The number of thiazole rings is 1. The monoisotopic (exact) mass is 302 g/mol. The Morgan fingerprint density at radius 2 is 2.10 bits per heavy atom. The molecule has 0 unspecified atom stereocenters. The highest BCUT2D eigenvalue weighted by Crippen LogP contribution is 2.25. The second-order valence-electron chi connectivity index (χ2n) is 4.74. The zero-order valence-corrected chi connectivity index (χ0v) is 12.6. The van der Waals surface area contributed by atoms with Crippen LogP contribution in [-0.4, -0.2) is 12.1 Å². The van der Waals surface area contributed by atoms with Gasteiger partial charge in [0.15, 0.2) is 11.6 Å². The number of hydrogen-bond donors (Lipinski definition) is 1. The number of nitrogens with one attached hydrogen (secondary N) is 1. The molecule has 1 heterocycles. The predicted octanol–water partition coefficient (Wildman–Crippen LogP) is 4.36. The van der Waals surface area contributed by atoms with Crippen molar-refractivity contribution in [3.05, 3.63) is 52.8 Å². The van der Waals surface area contributed by atoms with E-state index < -0.39 is 0 Å². The van der Waals surface area contributed by atoms with Crippen molar-refractivity contribution < 1.29 is 9.13 Å². The van der Waals surface area contributed by atoms with Crippen molar-refractivity contribution in [2.24, 2.45) is 0 Å². The molecule has 3 aromatic rings. The largest absolute Gasteiger partial charge is 0.494 e. The average molecular weight is 302 g/mol. The smallest absolute Gasteiger partial charge is 0.165 e. The maximum absolute atomic E-state index is 13.6. The molecular weight excluding hydrogens is 287 g/mol. The molecule has 0 aliphatic heterocycles. The van der Waals surface area contributed by atoms with Crippen LogP contribution in [0.5, 0.6) is 5.75 Å². The highest BCUT2D eigenvalue weighted by molar-refractivity contribution is 7.18. The van der Waals surface area contributed by atoms with Crippen LogP contribution in [0.1, 0.15) is 10.6 Å². The first kappa shape index (κ1) is 13.8. The third-order valence-electron chi connectivity index (χ3n) is 3.21. The van der Waals surface area contributed by atoms with Crippen LogP contribution < -0.4 is 10.1 Å². The third kappa shape index (κ3) is 2.97. The van der Waals surface area contributed by atoms with E-state index in [0.717, 1.165) is 26.5 Å². The minimum Gasteiger partial charge on any atom is -0.494 e. The van der Waals surface area contributed by atoms with E-state index in [0.29, 0.717) is 6.54 Å². The number of nitrogens with zero attached hydrogens (tertiary/aromatic N) is 1. The molecule has 3 nitrogen and oxygen atoms in total. The summed E-state index contributed by atoms with van der Waals surface area (Å²) >= 11 is 1.67. The lowest BCUT2D eigenvalue weighted by atomic mass is 10.2. The van der Waals surface area contributed by atoms with Crippen LogP contribution in [-0.2, 0) is 6.54 Å². The molecule has 108 valence electrons. The van der Waals surface area contributed by atoms with Crippen LogP contribution >= 0.6 is 11.3 Å². The first-order valence-corrected chi connectivity index (χ1v) is 7.41. The lowest BCUT2D eigenvalue weighted by molar-refractivity contribution is 0.386. The van der Waals surface area contributed by atoms with Crippen LogP contribution in [0.4, 0.5) is 10.1 Å². The molecule has 3 rings (SSSR count). The standard InChI is InChI=1S/C16H15FN2OS/c1-10-19-14-5-4-12(8-16(14)21-10)18-9-11-3-6-15(20-2)13(17)7-11/h3-8,18H,9H2,1-2H3. The van der Waals surface area contributed by atoms with Gasteiger partial charge in [0.2, 0.25) is 0 Å². The van der Waals surface area contributed by atoms with Crippen LogP contribution in [0.3, 0.4) is 0 Å². The Balaban J connectivity index is 1.75. The fourth-order valence-electron chi connectivity index (χ4n) is 2.17. The van der Waals surface area contributed by atoms with Gasteiger partial charge in [0.1, 0.15) is 0 Å². The molecule has 21 heavy (non-hydrogen) atoms. The number of hydrogen-bond acceptors (Lipinski definition) is 4. The molecule has 0 atom stereocenters. The van der Waals surface area contributed by atoms with E-state index in [1.54, 1.807) is 17.4 Å². The molecule has 2 aromatic carbocycles. The summed E-state index contributed by atoms with van der Waals surface area (Å²) < 4.78 is 19.7. The number of aryl methyl sites for hydroxylation is 1. The van der Waals surface area contributed by atoms with Gasteiger partial charge in [0.05, 0.1) is 22.3 Å². The zero-order valence-electron chi connectivity index (χ0n) is 11.8. The average Bonchev–Trinajstić information content (AvgIpc) is 2.84. The topological polar surface area (TPSA) is 34.1 Å². The summed E-state index contributed by atoms with van der Waals surface area (Å²) in [5.41, 5.74) is 2.88. The Morgan fingerprint density at radius 1 is 1.24 bits per heavy atom. The Labute approximate surface area is 126 Å². The summed E-state index contributed by atoms with van der Waals surface area (Å²) in [5, 5.41) is 4.35. The van der Waals surface area contributed by atoms with E-state index in [2.05, 4.69) is 16.4 Å². The molecule has 0 amide bonds. The summed E-state index contributed by atoms with van der Waals surface area (Å²) in [6.45, 7) is 2.56. The second-order valence-corrected chi connectivity index (χ2v) is 5.97. The zero-order chi connectivity index (χ0) is 14.8. The minimum atomic E-state index is -0.342. The van der Waals surface area contributed by atoms with Crippen molar-refractivity contribution in [1.29, 1.82) is 0 Å². The van der Waals surface area contributed by atoms with Gasteiger partial charge in [-0.1, -0.05) is 6.07 Å². The first-order chi connectivity index (χ1) is 10.2. The number of methoxy groups -OCH3 is 1. The van der Waals surface area contributed by atoms with Crippen LogP contribution in [0, 0.1) is 12.7 Å². The molecule has 0 bridgehead atoms. The third-order valence-corrected chi connectivity index (χ3v) is 4.14. The molecule has 1 aromatic heterocycles. The Hall–Kier alpha value is -2.14. The summed E-state index contributed by atoms with van der Waals surface area (Å²) in [6.07, 6.45) is 0. The molecule has 0 aliphatic carbocycles. The molecule has 0 saturated carbocycles. The normalized spacial score (nSPS) is 10.8. The molecule has 0 saturated heterocycles. The Morgan fingerprint density at radius 3 is 2.86 bits per heavy atom. The van der Waals surface area contributed by atoms with Crippen molar-refractivity contribution in [2.45, 2.75) is 13.5 Å².